The Bertz CT molecular complexity index is 157. The maximum atomic E-state index is 10.4. The second-order valence-corrected chi connectivity index (χ2v) is 1.82. The van der Waals surface area contributed by atoms with E-state index in [-0.39, 0.29) is 5.97 Å². The largest absolute Gasteiger partial charge is 0.431 e. The molecule has 0 saturated carbocycles. The maximum absolute atomic E-state index is 10.4. The van der Waals surface area contributed by atoms with Gasteiger partial charge in [0.2, 0.25) is 0 Å². The topological polar surface area (TPSA) is 26.3 Å². The van der Waals surface area contributed by atoms with Crippen LogP contribution in [0.3, 0.4) is 0 Å². The van der Waals surface area contributed by atoms with Crippen molar-refractivity contribution in [1.29, 1.82) is 0 Å². The van der Waals surface area contributed by atoms with Gasteiger partial charge in [-0.25, -0.2) is 0 Å². The lowest BCUT2D eigenvalue weighted by Crippen LogP contribution is -1.97. The van der Waals surface area contributed by atoms with Gasteiger partial charge in [0, 0.05) is 13.3 Å². The summed E-state index contributed by atoms with van der Waals surface area (Å²) in [5.74, 6) is 0.373. The van der Waals surface area contributed by atoms with Crippen molar-refractivity contribution in [2.24, 2.45) is 0 Å². The summed E-state index contributed by atoms with van der Waals surface area (Å²) < 4.78 is 4.79. The first-order valence-corrected chi connectivity index (χ1v) is 3.20. The molecule has 56 valence electrons. The Morgan fingerprint density at radius 2 is 2.30 bits per heavy atom. The van der Waals surface area contributed by atoms with Gasteiger partial charge in [0.1, 0.15) is 5.76 Å². The molecule has 0 saturated heterocycles. The average molecular weight is 140 g/mol. The zero-order valence-corrected chi connectivity index (χ0v) is 6.39. The van der Waals surface area contributed by atoms with Gasteiger partial charge in [-0.05, 0) is 6.08 Å². The second kappa shape index (κ2) is 4.79. The lowest BCUT2D eigenvalue weighted by molar-refractivity contribution is -0.137. The molecule has 0 N–H and O–H groups in total. The molecular weight excluding hydrogens is 128 g/mol. The molecule has 0 bridgehead atoms. The van der Waals surface area contributed by atoms with Crippen molar-refractivity contribution in [2.75, 3.05) is 0 Å². The van der Waals surface area contributed by atoms with Crippen LogP contribution in [0.5, 0.6) is 0 Å². The lowest BCUT2D eigenvalue weighted by atomic mass is 10.3. The summed E-state index contributed by atoms with van der Waals surface area (Å²) in [6.45, 7) is 6.78. The number of hydrogen-bond acceptors (Lipinski definition) is 2. The van der Waals surface area contributed by atoms with Gasteiger partial charge in [-0.15, -0.1) is 0 Å². The Morgan fingerprint density at radius 1 is 1.70 bits per heavy atom. The highest BCUT2D eigenvalue weighted by atomic mass is 16.5. The molecule has 2 nitrogen and oxygen atoms in total. The minimum atomic E-state index is -0.282. The molecule has 0 atom stereocenters. The van der Waals surface area contributed by atoms with Crippen LogP contribution in [0.1, 0.15) is 20.3 Å². The Labute approximate surface area is 61.2 Å². The molecule has 0 aliphatic carbocycles. The summed E-state index contributed by atoms with van der Waals surface area (Å²) in [7, 11) is 0. The van der Waals surface area contributed by atoms with Crippen molar-refractivity contribution in [2.45, 2.75) is 20.3 Å². The number of rotatable bonds is 3. The van der Waals surface area contributed by atoms with Crippen molar-refractivity contribution in [3.63, 3.8) is 0 Å². The number of allylic oxidation sites excluding steroid dienone is 3. The lowest BCUT2D eigenvalue weighted by Gasteiger charge is -2.00. The van der Waals surface area contributed by atoms with Crippen molar-refractivity contribution >= 4 is 5.97 Å². The standard InChI is InChI=1S/C8H12O2/c1-4-6-8(5-2)10-7(3)9/h4,6H,1,5H2,2-3H3. The highest BCUT2D eigenvalue weighted by molar-refractivity contribution is 5.67. The number of esters is 1. The first-order valence-electron chi connectivity index (χ1n) is 3.20. The van der Waals surface area contributed by atoms with E-state index in [4.69, 9.17) is 4.74 Å². The van der Waals surface area contributed by atoms with Crippen molar-refractivity contribution in [3.8, 4) is 0 Å². The number of carbonyl (C=O) groups is 1. The fraction of sp³-hybridized carbons (Fsp3) is 0.375. The third-order valence-corrected chi connectivity index (χ3v) is 0.927. The van der Waals surface area contributed by atoms with Gasteiger partial charge >= 0.3 is 5.97 Å². The molecule has 2 heteroatoms. The molecule has 0 spiro atoms. The molecule has 0 heterocycles. The molecule has 10 heavy (non-hydrogen) atoms. The Hall–Kier alpha value is -1.05. The van der Waals surface area contributed by atoms with Crippen LogP contribution in [0.4, 0.5) is 0 Å². The monoisotopic (exact) mass is 140 g/mol. The van der Waals surface area contributed by atoms with Crippen LogP contribution in [0.25, 0.3) is 0 Å². The number of hydrogen-bond donors (Lipinski definition) is 0. The fourth-order valence-corrected chi connectivity index (χ4v) is 0.540. The van der Waals surface area contributed by atoms with Gasteiger partial charge < -0.3 is 4.74 Å². The number of carbonyl (C=O) groups excluding carboxylic acids is 1. The predicted molar refractivity (Wildman–Crippen MR) is 40.3 cm³/mol. The van der Waals surface area contributed by atoms with Crippen LogP contribution >= 0.6 is 0 Å². The van der Waals surface area contributed by atoms with Crippen LogP contribution in [-0.2, 0) is 9.53 Å². The summed E-state index contributed by atoms with van der Waals surface area (Å²) >= 11 is 0. The van der Waals surface area contributed by atoms with Crippen molar-refractivity contribution in [1.82, 2.24) is 0 Å². The highest BCUT2D eigenvalue weighted by Gasteiger charge is 1.95. The third-order valence-electron chi connectivity index (χ3n) is 0.927. The van der Waals surface area contributed by atoms with E-state index < -0.39 is 0 Å². The van der Waals surface area contributed by atoms with Crippen molar-refractivity contribution < 1.29 is 9.53 Å². The van der Waals surface area contributed by atoms with E-state index in [9.17, 15) is 4.79 Å². The molecule has 0 amide bonds. The molecule has 0 rings (SSSR count). The smallest absolute Gasteiger partial charge is 0.307 e. The summed E-state index contributed by atoms with van der Waals surface area (Å²) in [5, 5.41) is 0. The first kappa shape index (κ1) is 8.95. The van der Waals surface area contributed by atoms with E-state index in [2.05, 4.69) is 6.58 Å². The Balaban J connectivity index is 3.95. The van der Waals surface area contributed by atoms with E-state index in [0.717, 1.165) is 0 Å². The van der Waals surface area contributed by atoms with Crippen LogP contribution in [0, 0.1) is 0 Å². The van der Waals surface area contributed by atoms with Crippen LogP contribution < -0.4 is 0 Å². The number of ether oxygens (including phenoxy) is 1. The molecule has 0 aromatic carbocycles. The van der Waals surface area contributed by atoms with Crippen LogP contribution in [-0.4, -0.2) is 5.97 Å². The zero-order chi connectivity index (χ0) is 7.98. The van der Waals surface area contributed by atoms with E-state index in [1.165, 1.54) is 6.92 Å². The van der Waals surface area contributed by atoms with Gasteiger partial charge in [-0.1, -0.05) is 19.6 Å². The van der Waals surface area contributed by atoms with E-state index >= 15 is 0 Å². The maximum Gasteiger partial charge on any atom is 0.307 e. The summed E-state index contributed by atoms with van der Waals surface area (Å²) in [4.78, 5) is 10.4. The molecule has 0 aromatic rings. The van der Waals surface area contributed by atoms with E-state index in [1.807, 2.05) is 6.92 Å². The molecule has 0 radical (unpaired) electrons. The van der Waals surface area contributed by atoms with Gasteiger partial charge in [0.25, 0.3) is 0 Å². The normalized spacial score (nSPS) is 10.8. The predicted octanol–water partition coefficient (Wildman–Crippen LogP) is 2.03. The molecule has 0 aliphatic heterocycles. The molecule has 0 unspecified atom stereocenters. The molecule has 0 fully saturated rings. The molecule has 0 aromatic heterocycles. The van der Waals surface area contributed by atoms with Gasteiger partial charge in [-0.2, -0.15) is 0 Å². The van der Waals surface area contributed by atoms with E-state index in [1.54, 1.807) is 12.2 Å². The van der Waals surface area contributed by atoms with Crippen LogP contribution in [0.15, 0.2) is 24.5 Å². The van der Waals surface area contributed by atoms with Gasteiger partial charge in [-0.3, -0.25) is 4.79 Å². The first-order chi connectivity index (χ1) is 4.70. The van der Waals surface area contributed by atoms with Gasteiger partial charge in [0.15, 0.2) is 0 Å². The average Bonchev–Trinajstić information content (AvgIpc) is 1.86. The Kier molecular flexibility index (Phi) is 4.29. The summed E-state index contributed by atoms with van der Waals surface area (Å²) in [5.41, 5.74) is 0. The summed E-state index contributed by atoms with van der Waals surface area (Å²) in [6.07, 6.45) is 3.99. The quantitative estimate of drug-likeness (QED) is 0.340. The second-order valence-electron chi connectivity index (χ2n) is 1.82. The zero-order valence-electron chi connectivity index (χ0n) is 6.39. The molecule has 0 aliphatic rings. The SMILES string of the molecule is C=CC=C(CC)OC(C)=O. The van der Waals surface area contributed by atoms with Crippen molar-refractivity contribution in [3.05, 3.63) is 24.5 Å². The third kappa shape index (κ3) is 3.89. The highest BCUT2D eigenvalue weighted by Crippen LogP contribution is 2.02. The minimum Gasteiger partial charge on any atom is -0.431 e. The van der Waals surface area contributed by atoms with E-state index in [0.29, 0.717) is 12.2 Å². The minimum absolute atomic E-state index is 0.282. The summed E-state index contributed by atoms with van der Waals surface area (Å²) in [6, 6.07) is 0. The van der Waals surface area contributed by atoms with Crippen LogP contribution in [0.2, 0.25) is 0 Å². The Morgan fingerprint density at radius 3 is 2.60 bits per heavy atom. The van der Waals surface area contributed by atoms with Gasteiger partial charge in [0.05, 0.1) is 0 Å². The molecular formula is C8H12O2. The fourth-order valence-electron chi connectivity index (χ4n) is 0.540.